The zero-order chi connectivity index (χ0) is 20.2. The van der Waals surface area contributed by atoms with Gasteiger partial charge in [0, 0.05) is 14.7 Å². The molecule has 2 aromatic carbocycles. The minimum Gasteiger partial charge on any atom is -0.492 e. The van der Waals surface area contributed by atoms with E-state index in [4.69, 9.17) is 16.3 Å². The van der Waals surface area contributed by atoms with Crippen LogP contribution in [0.15, 0.2) is 55.1 Å². The first-order valence-electron chi connectivity index (χ1n) is 9.66. The number of unbranched alkanes of at least 4 members (excludes halogenated alkanes) is 3. The Bertz CT molecular complexity index is 762. The summed E-state index contributed by atoms with van der Waals surface area (Å²) < 4.78 is 6.88. The van der Waals surface area contributed by atoms with Gasteiger partial charge in [-0.15, -0.1) is 6.58 Å². The number of carbonyl (C=O) groups excluding carboxylic acids is 1. The molecule has 0 atom stereocenters. The van der Waals surface area contributed by atoms with Crippen LogP contribution >= 0.6 is 34.2 Å². The van der Waals surface area contributed by atoms with Gasteiger partial charge in [-0.2, -0.15) is 0 Å². The molecule has 0 aliphatic carbocycles. The smallest absolute Gasteiger partial charge is 0.193 e. The zero-order valence-electron chi connectivity index (χ0n) is 16.1. The van der Waals surface area contributed by atoms with Crippen LogP contribution in [0.25, 0.3) is 0 Å². The summed E-state index contributed by atoms with van der Waals surface area (Å²) in [6.45, 7) is 6.40. The van der Waals surface area contributed by atoms with Gasteiger partial charge in [0.15, 0.2) is 5.78 Å². The Kier molecular flexibility index (Phi) is 10.6. The van der Waals surface area contributed by atoms with Gasteiger partial charge >= 0.3 is 0 Å². The van der Waals surface area contributed by atoms with E-state index in [2.05, 4.69) is 34.5 Å². The van der Waals surface area contributed by atoms with Crippen molar-refractivity contribution < 1.29 is 9.53 Å². The molecule has 0 heterocycles. The van der Waals surface area contributed by atoms with Crippen LogP contribution in [0.4, 0.5) is 0 Å². The van der Waals surface area contributed by atoms with E-state index < -0.39 is 0 Å². The number of hydrogen-bond acceptors (Lipinski definition) is 3. The summed E-state index contributed by atoms with van der Waals surface area (Å²) in [5, 5.41) is 3.87. The van der Waals surface area contributed by atoms with Crippen molar-refractivity contribution in [1.29, 1.82) is 0 Å². The first kappa shape index (κ1) is 22.9. The first-order valence-corrected chi connectivity index (χ1v) is 11.1. The molecule has 2 aromatic rings. The van der Waals surface area contributed by atoms with Crippen molar-refractivity contribution in [3.8, 4) is 5.75 Å². The SMILES string of the molecule is C=CCCNCCCCCCOc1ccc(C(=O)c2ccc(I)cc2)cc1Cl. The van der Waals surface area contributed by atoms with E-state index in [0.717, 1.165) is 35.9 Å². The molecule has 0 amide bonds. The molecule has 0 saturated heterocycles. The second-order valence-corrected chi connectivity index (χ2v) is 8.22. The minimum absolute atomic E-state index is 0.0356. The number of ketones is 1. The second kappa shape index (κ2) is 13.0. The molecule has 0 aliphatic heterocycles. The Hall–Kier alpha value is -1.37. The lowest BCUT2D eigenvalue weighted by atomic mass is 10.0. The first-order chi connectivity index (χ1) is 13.6. The average molecular weight is 512 g/mol. The number of rotatable bonds is 13. The summed E-state index contributed by atoms with van der Waals surface area (Å²) in [6.07, 6.45) is 7.43. The molecule has 0 aliphatic rings. The third-order valence-corrected chi connectivity index (χ3v) is 5.35. The summed E-state index contributed by atoms with van der Waals surface area (Å²) in [4.78, 5) is 12.6. The Labute approximate surface area is 186 Å². The maximum atomic E-state index is 12.6. The van der Waals surface area contributed by atoms with Crippen LogP contribution in [-0.4, -0.2) is 25.5 Å². The second-order valence-electron chi connectivity index (χ2n) is 6.57. The van der Waals surface area contributed by atoms with Gasteiger partial charge in [0.1, 0.15) is 5.75 Å². The summed E-state index contributed by atoms with van der Waals surface area (Å²) in [5.74, 6) is 0.596. The molecule has 0 radical (unpaired) electrons. The molecule has 2 rings (SSSR count). The maximum Gasteiger partial charge on any atom is 0.193 e. The van der Waals surface area contributed by atoms with Gasteiger partial charge in [-0.3, -0.25) is 4.79 Å². The van der Waals surface area contributed by atoms with Crippen molar-refractivity contribution in [1.82, 2.24) is 5.32 Å². The fourth-order valence-electron chi connectivity index (χ4n) is 2.74. The Balaban J connectivity index is 1.71. The summed E-state index contributed by atoms with van der Waals surface area (Å²) in [6, 6.07) is 12.7. The van der Waals surface area contributed by atoms with Gasteiger partial charge in [0.2, 0.25) is 0 Å². The van der Waals surface area contributed by atoms with Gasteiger partial charge in [0.05, 0.1) is 11.6 Å². The van der Waals surface area contributed by atoms with Crippen LogP contribution < -0.4 is 10.1 Å². The van der Waals surface area contributed by atoms with Gasteiger partial charge in [-0.1, -0.05) is 30.5 Å². The van der Waals surface area contributed by atoms with E-state index in [0.29, 0.717) is 28.5 Å². The lowest BCUT2D eigenvalue weighted by Gasteiger charge is -2.10. The number of nitrogens with one attached hydrogen (secondary N) is 1. The quantitative estimate of drug-likeness (QED) is 0.149. The Morgan fingerprint density at radius 1 is 1.04 bits per heavy atom. The number of benzene rings is 2. The summed E-state index contributed by atoms with van der Waals surface area (Å²) >= 11 is 8.53. The lowest BCUT2D eigenvalue weighted by Crippen LogP contribution is -2.15. The van der Waals surface area contributed by atoms with Crippen LogP contribution in [0.2, 0.25) is 5.02 Å². The van der Waals surface area contributed by atoms with Crippen LogP contribution in [0.1, 0.15) is 48.0 Å². The third kappa shape index (κ3) is 7.94. The maximum absolute atomic E-state index is 12.6. The molecule has 0 spiro atoms. The largest absolute Gasteiger partial charge is 0.492 e. The molecule has 3 nitrogen and oxygen atoms in total. The van der Waals surface area contributed by atoms with Crippen LogP contribution in [-0.2, 0) is 0 Å². The van der Waals surface area contributed by atoms with Crippen molar-refractivity contribution >= 4 is 40.0 Å². The molecule has 0 bridgehead atoms. The van der Waals surface area contributed by atoms with Crippen molar-refractivity contribution in [2.24, 2.45) is 0 Å². The van der Waals surface area contributed by atoms with E-state index in [-0.39, 0.29) is 5.78 Å². The Morgan fingerprint density at radius 2 is 1.75 bits per heavy atom. The third-order valence-electron chi connectivity index (χ3n) is 4.33. The highest BCUT2D eigenvalue weighted by atomic mass is 127. The molecular formula is C23H27ClINO2. The molecule has 5 heteroatoms. The number of carbonyl (C=O) groups is 1. The van der Waals surface area contributed by atoms with Crippen molar-refractivity contribution in [3.05, 3.63) is 74.8 Å². The topological polar surface area (TPSA) is 38.3 Å². The van der Waals surface area contributed by atoms with E-state index in [1.807, 2.05) is 30.3 Å². The molecular weight excluding hydrogens is 485 g/mol. The van der Waals surface area contributed by atoms with Gasteiger partial charge in [-0.25, -0.2) is 0 Å². The van der Waals surface area contributed by atoms with E-state index in [1.165, 1.54) is 12.8 Å². The fourth-order valence-corrected chi connectivity index (χ4v) is 3.34. The normalized spacial score (nSPS) is 10.6. The molecule has 150 valence electrons. The van der Waals surface area contributed by atoms with Gasteiger partial charge in [0.25, 0.3) is 0 Å². The van der Waals surface area contributed by atoms with Crippen LogP contribution in [0, 0.1) is 3.57 Å². The molecule has 28 heavy (non-hydrogen) atoms. The lowest BCUT2D eigenvalue weighted by molar-refractivity contribution is 0.103. The van der Waals surface area contributed by atoms with Crippen LogP contribution in [0.3, 0.4) is 0 Å². The zero-order valence-corrected chi connectivity index (χ0v) is 19.0. The number of halogens is 2. The summed E-state index contributed by atoms with van der Waals surface area (Å²) in [5.41, 5.74) is 1.23. The van der Waals surface area contributed by atoms with E-state index >= 15 is 0 Å². The molecule has 0 fully saturated rings. The van der Waals surface area contributed by atoms with Crippen molar-refractivity contribution in [2.75, 3.05) is 19.7 Å². The number of hydrogen-bond donors (Lipinski definition) is 1. The highest BCUT2D eigenvalue weighted by Gasteiger charge is 2.12. The van der Waals surface area contributed by atoms with Crippen molar-refractivity contribution in [3.63, 3.8) is 0 Å². The molecule has 0 aromatic heterocycles. The minimum atomic E-state index is -0.0356. The van der Waals surface area contributed by atoms with Gasteiger partial charge in [-0.05, 0) is 97.4 Å². The molecule has 0 saturated carbocycles. The standard InChI is InChI=1S/C23H27ClINO2/c1-2-3-14-26-15-6-4-5-7-16-28-22-13-10-19(17-21(22)24)23(27)18-8-11-20(25)12-9-18/h2,8-13,17,26H,1,3-7,14-16H2. The Morgan fingerprint density at radius 3 is 2.46 bits per heavy atom. The van der Waals surface area contributed by atoms with Crippen molar-refractivity contribution in [2.45, 2.75) is 32.1 Å². The highest BCUT2D eigenvalue weighted by molar-refractivity contribution is 14.1. The fraction of sp³-hybridized carbons (Fsp3) is 0.348. The molecule has 0 unspecified atom stereocenters. The average Bonchev–Trinajstić information content (AvgIpc) is 2.70. The monoisotopic (exact) mass is 511 g/mol. The van der Waals surface area contributed by atoms with E-state index in [1.54, 1.807) is 18.2 Å². The predicted octanol–water partition coefficient (Wildman–Crippen LogP) is 6.28. The van der Waals surface area contributed by atoms with Gasteiger partial charge < -0.3 is 10.1 Å². The molecule has 1 N–H and O–H groups in total. The predicted molar refractivity (Wildman–Crippen MR) is 126 cm³/mol. The van der Waals surface area contributed by atoms with Crippen LogP contribution in [0.5, 0.6) is 5.75 Å². The van der Waals surface area contributed by atoms with E-state index in [9.17, 15) is 4.79 Å². The number of ether oxygens (including phenoxy) is 1. The highest BCUT2D eigenvalue weighted by Crippen LogP contribution is 2.27. The summed E-state index contributed by atoms with van der Waals surface area (Å²) in [7, 11) is 0.